The lowest BCUT2D eigenvalue weighted by molar-refractivity contribution is -0.117. The maximum Gasteiger partial charge on any atom is 0.226 e. The van der Waals surface area contributed by atoms with E-state index in [1.807, 2.05) is 25.1 Å². The van der Waals surface area contributed by atoms with Crippen molar-refractivity contribution in [3.8, 4) is 0 Å². The maximum absolute atomic E-state index is 12.0. The summed E-state index contributed by atoms with van der Waals surface area (Å²) in [6.45, 7) is 1.98. The molecular weight excluding hydrogens is 292 g/mol. The fourth-order valence-corrected chi connectivity index (χ4v) is 3.01. The predicted molar refractivity (Wildman–Crippen MR) is 77.5 cm³/mol. The molecule has 4 heteroatoms. The molecule has 0 heterocycles. The molecule has 0 aromatic heterocycles. The van der Waals surface area contributed by atoms with Crippen LogP contribution in [0.1, 0.15) is 37.7 Å². The van der Waals surface area contributed by atoms with E-state index >= 15 is 0 Å². The van der Waals surface area contributed by atoms with Gasteiger partial charge in [0.1, 0.15) is 0 Å². The Labute approximate surface area is 116 Å². The van der Waals surface area contributed by atoms with Crippen molar-refractivity contribution in [3.63, 3.8) is 0 Å². The second kappa shape index (κ2) is 5.41. The lowest BCUT2D eigenvalue weighted by Crippen LogP contribution is -2.40. The number of carbonyl (C=O) groups is 1. The van der Waals surface area contributed by atoms with E-state index in [4.69, 9.17) is 5.73 Å². The Balaban J connectivity index is 1.98. The molecule has 0 unspecified atom stereocenters. The molecule has 1 aliphatic carbocycles. The lowest BCUT2D eigenvalue weighted by atomic mass is 9.94. The molecule has 1 aliphatic rings. The van der Waals surface area contributed by atoms with Crippen molar-refractivity contribution in [2.24, 2.45) is 5.73 Å². The smallest absolute Gasteiger partial charge is 0.226 e. The molecule has 0 bridgehead atoms. The van der Waals surface area contributed by atoms with Crippen molar-refractivity contribution in [1.82, 2.24) is 0 Å². The van der Waals surface area contributed by atoms with Gasteiger partial charge in [0.05, 0.1) is 0 Å². The molecule has 1 aromatic rings. The maximum atomic E-state index is 12.0. The Bertz CT molecular complexity index is 453. The van der Waals surface area contributed by atoms with Gasteiger partial charge in [0.15, 0.2) is 0 Å². The van der Waals surface area contributed by atoms with Gasteiger partial charge in [0.2, 0.25) is 5.91 Å². The highest BCUT2D eigenvalue weighted by Gasteiger charge is 2.31. The summed E-state index contributed by atoms with van der Waals surface area (Å²) in [6, 6.07) is 5.83. The summed E-state index contributed by atoms with van der Waals surface area (Å²) < 4.78 is 1.02. The molecule has 0 radical (unpaired) electrons. The van der Waals surface area contributed by atoms with Gasteiger partial charge in [0, 0.05) is 22.1 Å². The number of amides is 1. The van der Waals surface area contributed by atoms with E-state index in [1.54, 1.807) is 0 Å². The average molecular weight is 311 g/mol. The second-order valence-corrected chi connectivity index (χ2v) is 6.17. The van der Waals surface area contributed by atoms with Crippen LogP contribution < -0.4 is 11.1 Å². The number of hydrogen-bond donors (Lipinski definition) is 2. The van der Waals surface area contributed by atoms with E-state index in [0.717, 1.165) is 41.4 Å². The van der Waals surface area contributed by atoms with Crippen molar-refractivity contribution in [3.05, 3.63) is 28.2 Å². The van der Waals surface area contributed by atoms with E-state index in [0.29, 0.717) is 6.42 Å². The first-order chi connectivity index (χ1) is 8.48. The number of anilines is 1. The van der Waals surface area contributed by atoms with E-state index in [-0.39, 0.29) is 11.4 Å². The van der Waals surface area contributed by atoms with Gasteiger partial charge in [-0.1, -0.05) is 28.8 Å². The number of hydrogen-bond acceptors (Lipinski definition) is 2. The molecular formula is C14H19BrN2O. The summed E-state index contributed by atoms with van der Waals surface area (Å²) in [5.74, 6) is 0.0184. The van der Waals surface area contributed by atoms with Crippen LogP contribution in [0.25, 0.3) is 0 Å². The Hall–Kier alpha value is -0.870. The Morgan fingerprint density at radius 2 is 2.11 bits per heavy atom. The number of carbonyl (C=O) groups excluding carboxylic acids is 1. The molecule has 0 spiro atoms. The van der Waals surface area contributed by atoms with Crippen LogP contribution in [0, 0.1) is 6.92 Å². The van der Waals surface area contributed by atoms with Gasteiger partial charge in [-0.05, 0) is 43.5 Å². The van der Waals surface area contributed by atoms with Crippen LogP contribution >= 0.6 is 15.9 Å². The van der Waals surface area contributed by atoms with Crippen molar-refractivity contribution < 1.29 is 4.79 Å². The SMILES string of the molecule is Cc1cc(Br)ccc1NC(=O)CC1(N)CCCC1. The Morgan fingerprint density at radius 3 is 2.72 bits per heavy atom. The molecule has 0 saturated heterocycles. The minimum Gasteiger partial charge on any atom is -0.326 e. The Morgan fingerprint density at radius 1 is 1.44 bits per heavy atom. The first-order valence-corrected chi connectivity index (χ1v) is 7.13. The molecule has 0 atom stereocenters. The van der Waals surface area contributed by atoms with Gasteiger partial charge < -0.3 is 11.1 Å². The van der Waals surface area contributed by atoms with Crippen molar-refractivity contribution in [1.29, 1.82) is 0 Å². The quantitative estimate of drug-likeness (QED) is 0.899. The third-order valence-electron chi connectivity index (χ3n) is 3.57. The molecule has 18 heavy (non-hydrogen) atoms. The molecule has 1 aromatic carbocycles. The summed E-state index contributed by atoms with van der Waals surface area (Å²) in [5, 5.41) is 2.95. The number of nitrogens with two attached hydrogens (primary N) is 1. The minimum absolute atomic E-state index is 0.0184. The number of nitrogens with one attached hydrogen (secondary N) is 1. The monoisotopic (exact) mass is 310 g/mol. The average Bonchev–Trinajstić information content (AvgIpc) is 2.69. The molecule has 0 aliphatic heterocycles. The summed E-state index contributed by atoms with van der Waals surface area (Å²) >= 11 is 3.41. The zero-order chi connectivity index (χ0) is 13.2. The normalized spacial score (nSPS) is 17.7. The summed E-state index contributed by atoms with van der Waals surface area (Å²) in [4.78, 5) is 12.0. The third-order valence-corrected chi connectivity index (χ3v) is 4.07. The largest absolute Gasteiger partial charge is 0.326 e. The minimum atomic E-state index is -0.284. The van der Waals surface area contributed by atoms with Gasteiger partial charge in [0.25, 0.3) is 0 Å². The topological polar surface area (TPSA) is 55.1 Å². The van der Waals surface area contributed by atoms with Gasteiger partial charge in [-0.2, -0.15) is 0 Å². The molecule has 1 saturated carbocycles. The molecule has 2 rings (SSSR count). The fourth-order valence-electron chi connectivity index (χ4n) is 2.54. The van der Waals surface area contributed by atoms with Crippen molar-refractivity contribution in [2.75, 3.05) is 5.32 Å². The first-order valence-electron chi connectivity index (χ1n) is 6.33. The van der Waals surface area contributed by atoms with Crippen LogP contribution in [0.15, 0.2) is 22.7 Å². The van der Waals surface area contributed by atoms with E-state index in [9.17, 15) is 4.79 Å². The van der Waals surface area contributed by atoms with Crippen LogP contribution in [0.5, 0.6) is 0 Å². The second-order valence-electron chi connectivity index (χ2n) is 5.25. The van der Waals surface area contributed by atoms with E-state index in [1.165, 1.54) is 0 Å². The zero-order valence-corrected chi connectivity index (χ0v) is 12.2. The molecule has 3 N–H and O–H groups in total. The van der Waals surface area contributed by atoms with Crippen LogP contribution in [-0.2, 0) is 4.79 Å². The first kappa shape index (κ1) is 13.6. The molecule has 3 nitrogen and oxygen atoms in total. The van der Waals surface area contributed by atoms with Gasteiger partial charge in [-0.25, -0.2) is 0 Å². The van der Waals surface area contributed by atoms with Crippen molar-refractivity contribution >= 4 is 27.5 Å². The van der Waals surface area contributed by atoms with Crippen LogP contribution in [0.3, 0.4) is 0 Å². The summed E-state index contributed by atoms with van der Waals surface area (Å²) in [6.07, 6.45) is 4.62. The lowest BCUT2D eigenvalue weighted by Gasteiger charge is -2.22. The molecule has 1 fully saturated rings. The number of halogens is 1. The van der Waals surface area contributed by atoms with Gasteiger partial charge >= 0.3 is 0 Å². The number of benzene rings is 1. The molecule has 1 amide bonds. The number of aryl methyl sites for hydroxylation is 1. The molecule has 98 valence electrons. The highest BCUT2D eigenvalue weighted by Crippen LogP contribution is 2.30. The zero-order valence-electron chi connectivity index (χ0n) is 10.6. The van der Waals surface area contributed by atoms with Crippen molar-refractivity contribution in [2.45, 2.75) is 44.6 Å². The number of rotatable bonds is 3. The van der Waals surface area contributed by atoms with E-state index < -0.39 is 0 Å². The van der Waals surface area contributed by atoms with Crippen LogP contribution in [0.4, 0.5) is 5.69 Å². The highest BCUT2D eigenvalue weighted by molar-refractivity contribution is 9.10. The summed E-state index contributed by atoms with van der Waals surface area (Å²) in [5.41, 5.74) is 7.84. The highest BCUT2D eigenvalue weighted by atomic mass is 79.9. The fraction of sp³-hybridized carbons (Fsp3) is 0.500. The Kier molecular flexibility index (Phi) is 4.07. The summed E-state index contributed by atoms with van der Waals surface area (Å²) in [7, 11) is 0. The van der Waals surface area contributed by atoms with Crippen LogP contribution in [0.2, 0.25) is 0 Å². The van der Waals surface area contributed by atoms with Crippen LogP contribution in [-0.4, -0.2) is 11.4 Å². The predicted octanol–water partition coefficient (Wildman–Crippen LogP) is 3.36. The van der Waals surface area contributed by atoms with Gasteiger partial charge in [-0.15, -0.1) is 0 Å². The standard InChI is InChI=1S/C14H19BrN2O/c1-10-8-11(15)4-5-12(10)17-13(18)9-14(16)6-2-3-7-14/h4-5,8H,2-3,6-7,9,16H2,1H3,(H,17,18). The third kappa shape index (κ3) is 3.33. The van der Waals surface area contributed by atoms with E-state index in [2.05, 4.69) is 21.2 Å². The van der Waals surface area contributed by atoms with Gasteiger partial charge in [-0.3, -0.25) is 4.79 Å².